The second kappa shape index (κ2) is 6.19. The first kappa shape index (κ1) is 13.3. The summed E-state index contributed by atoms with van der Waals surface area (Å²) in [6, 6.07) is 15.0. The van der Waals surface area contributed by atoms with Crippen molar-refractivity contribution in [3.05, 3.63) is 48.0 Å². The number of nitrogens with one attached hydrogen (secondary N) is 1. The summed E-state index contributed by atoms with van der Waals surface area (Å²) in [6.45, 7) is 1.93. The number of fused-ring (bicyclic) bond motifs is 1. The standard InChI is InChI=1S/C18H21NO/c20-17-10-8-14(9-11-17)12-19-13-16-6-3-5-15-4-1-2-7-18(15)16/h1-7,14,19H,8-13H2. The van der Waals surface area contributed by atoms with Crippen molar-refractivity contribution >= 4 is 16.6 Å². The van der Waals surface area contributed by atoms with Crippen LogP contribution in [0.15, 0.2) is 42.5 Å². The molecule has 1 N–H and O–H groups in total. The van der Waals surface area contributed by atoms with E-state index in [0.717, 1.165) is 38.8 Å². The number of benzene rings is 2. The number of rotatable bonds is 4. The lowest BCUT2D eigenvalue weighted by atomic mass is 9.88. The van der Waals surface area contributed by atoms with Gasteiger partial charge in [-0.05, 0) is 41.6 Å². The van der Waals surface area contributed by atoms with Crippen molar-refractivity contribution in [3.8, 4) is 0 Å². The van der Waals surface area contributed by atoms with Crippen molar-refractivity contribution in [2.75, 3.05) is 6.54 Å². The van der Waals surface area contributed by atoms with Gasteiger partial charge in [0.1, 0.15) is 5.78 Å². The Labute approximate surface area is 120 Å². The van der Waals surface area contributed by atoms with Gasteiger partial charge in [0.25, 0.3) is 0 Å². The molecule has 0 radical (unpaired) electrons. The van der Waals surface area contributed by atoms with Crippen LogP contribution in [0, 0.1) is 5.92 Å². The second-order valence-electron chi connectivity index (χ2n) is 5.75. The molecule has 2 nitrogen and oxygen atoms in total. The second-order valence-corrected chi connectivity index (χ2v) is 5.75. The first-order chi connectivity index (χ1) is 9.83. The van der Waals surface area contributed by atoms with Crippen molar-refractivity contribution in [3.63, 3.8) is 0 Å². The van der Waals surface area contributed by atoms with Gasteiger partial charge in [-0.1, -0.05) is 42.5 Å². The smallest absolute Gasteiger partial charge is 0.132 e. The predicted molar refractivity (Wildman–Crippen MR) is 82.6 cm³/mol. The van der Waals surface area contributed by atoms with Crippen LogP contribution in [0.25, 0.3) is 10.8 Å². The maximum Gasteiger partial charge on any atom is 0.132 e. The fourth-order valence-corrected chi connectivity index (χ4v) is 3.06. The molecule has 2 aromatic rings. The summed E-state index contributed by atoms with van der Waals surface area (Å²) in [4.78, 5) is 11.2. The Balaban J connectivity index is 1.59. The SMILES string of the molecule is O=C1CCC(CNCc2cccc3ccccc23)CC1. The van der Waals surface area contributed by atoms with Crippen LogP contribution in [-0.2, 0) is 11.3 Å². The summed E-state index contributed by atoms with van der Waals surface area (Å²) in [5.41, 5.74) is 1.36. The maximum atomic E-state index is 11.2. The van der Waals surface area contributed by atoms with Crippen molar-refractivity contribution in [1.82, 2.24) is 5.32 Å². The minimum atomic E-state index is 0.440. The molecule has 1 aliphatic rings. The lowest BCUT2D eigenvalue weighted by Gasteiger charge is -2.21. The van der Waals surface area contributed by atoms with Gasteiger partial charge >= 0.3 is 0 Å². The highest BCUT2D eigenvalue weighted by Gasteiger charge is 2.17. The largest absolute Gasteiger partial charge is 0.312 e. The molecule has 0 bridgehead atoms. The number of carbonyl (C=O) groups excluding carboxylic acids is 1. The van der Waals surface area contributed by atoms with Gasteiger partial charge in [-0.15, -0.1) is 0 Å². The number of Topliss-reactive ketones (excluding diaryl/α,β-unsaturated/α-hetero) is 1. The number of carbonyl (C=O) groups is 1. The number of ketones is 1. The zero-order chi connectivity index (χ0) is 13.8. The average Bonchev–Trinajstić information content (AvgIpc) is 2.49. The molecule has 3 rings (SSSR count). The van der Waals surface area contributed by atoms with Gasteiger partial charge in [-0.3, -0.25) is 4.79 Å². The molecule has 0 aliphatic heterocycles. The number of hydrogen-bond acceptors (Lipinski definition) is 2. The summed E-state index contributed by atoms with van der Waals surface area (Å²) < 4.78 is 0. The molecule has 0 amide bonds. The van der Waals surface area contributed by atoms with E-state index in [1.807, 2.05) is 0 Å². The summed E-state index contributed by atoms with van der Waals surface area (Å²) in [5.74, 6) is 1.11. The third kappa shape index (κ3) is 3.07. The molecule has 2 aromatic carbocycles. The molecule has 2 heteroatoms. The van der Waals surface area contributed by atoms with Gasteiger partial charge in [0.05, 0.1) is 0 Å². The lowest BCUT2D eigenvalue weighted by Crippen LogP contribution is -2.26. The highest BCUT2D eigenvalue weighted by molar-refractivity contribution is 5.85. The fourth-order valence-electron chi connectivity index (χ4n) is 3.06. The highest BCUT2D eigenvalue weighted by atomic mass is 16.1. The van der Waals surface area contributed by atoms with Crippen LogP contribution in [0.5, 0.6) is 0 Å². The van der Waals surface area contributed by atoms with E-state index in [1.54, 1.807) is 0 Å². The Hall–Kier alpha value is -1.67. The maximum absolute atomic E-state index is 11.2. The Morgan fingerprint density at radius 3 is 2.60 bits per heavy atom. The Bertz CT molecular complexity index is 590. The van der Waals surface area contributed by atoms with Crippen LogP contribution in [0.2, 0.25) is 0 Å². The van der Waals surface area contributed by atoms with Crippen molar-refractivity contribution in [1.29, 1.82) is 0 Å². The molecule has 0 aromatic heterocycles. The summed E-state index contributed by atoms with van der Waals surface area (Å²) >= 11 is 0. The quantitative estimate of drug-likeness (QED) is 0.915. The van der Waals surface area contributed by atoms with Gasteiger partial charge in [-0.25, -0.2) is 0 Å². The van der Waals surface area contributed by atoms with E-state index in [1.165, 1.54) is 16.3 Å². The predicted octanol–water partition coefficient (Wildman–Crippen LogP) is 3.69. The molecular formula is C18H21NO. The van der Waals surface area contributed by atoms with E-state index in [2.05, 4.69) is 47.8 Å². The Morgan fingerprint density at radius 1 is 1.00 bits per heavy atom. The monoisotopic (exact) mass is 267 g/mol. The van der Waals surface area contributed by atoms with E-state index >= 15 is 0 Å². The molecule has 0 spiro atoms. The normalized spacial score (nSPS) is 16.7. The van der Waals surface area contributed by atoms with E-state index in [0.29, 0.717) is 11.7 Å². The summed E-state index contributed by atoms with van der Waals surface area (Å²) in [7, 11) is 0. The molecular weight excluding hydrogens is 246 g/mol. The summed E-state index contributed by atoms with van der Waals surface area (Å²) in [5, 5.41) is 6.20. The van der Waals surface area contributed by atoms with Gasteiger partial charge in [0, 0.05) is 19.4 Å². The van der Waals surface area contributed by atoms with E-state index in [-0.39, 0.29) is 0 Å². The topological polar surface area (TPSA) is 29.1 Å². The third-order valence-electron chi connectivity index (χ3n) is 4.29. The molecule has 1 saturated carbocycles. The van der Waals surface area contributed by atoms with Crippen molar-refractivity contribution in [2.24, 2.45) is 5.92 Å². The molecule has 104 valence electrons. The van der Waals surface area contributed by atoms with E-state index < -0.39 is 0 Å². The zero-order valence-electron chi connectivity index (χ0n) is 11.8. The van der Waals surface area contributed by atoms with E-state index in [9.17, 15) is 4.79 Å². The minimum Gasteiger partial charge on any atom is -0.312 e. The van der Waals surface area contributed by atoms with Crippen LogP contribution < -0.4 is 5.32 Å². The van der Waals surface area contributed by atoms with Crippen LogP contribution in [0.1, 0.15) is 31.2 Å². The first-order valence-corrected chi connectivity index (χ1v) is 7.52. The lowest BCUT2D eigenvalue weighted by molar-refractivity contribution is -0.120. The molecule has 1 fully saturated rings. The molecule has 0 unspecified atom stereocenters. The Kier molecular flexibility index (Phi) is 4.12. The number of hydrogen-bond donors (Lipinski definition) is 1. The van der Waals surface area contributed by atoms with E-state index in [4.69, 9.17) is 0 Å². The highest BCUT2D eigenvalue weighted by Crippen LogP contribution is 2.21. The van der Waals surface area contributed by atoms with Gasteiger partial charge in [0.2, 0.25) is 0 Å². The van der Waals surface area contributed by atoms with Crippen molar-refractivity contribution in [2.45, 2.75) is 32.2 Å². The first-order valence-electron chi connectivity index (χ1n) is 7.52. The van der Waals surface area contributed by atoms with Gasteiger partial charge in [-0.2, -0.15) is 0 Å². The molecule has 0 saturated heterocycles. The minimum absolute atomic E-state index is 0.440. The average molecular weight is 267 g/mol. The Morgan fingerprint density at radius 2 is 1.75 bits per heavy atom. The van der Waals surface area contributed by atoms with Crippen molar-refractivity contribution < 1.29 is 4.79 Å². The molecule has 20 heavy (non-hydrogen) atoms. The van der Waals surface area contributed by atoms with Crippen LogP contribution in [0.4, 0.5) is 0 Å². The third-order valence-corrected chi connectivity index (χ3v) is 4.29. The molecule has 0 heterocycles. The summed E-state index contributed by atoms with van der Waals surface area (Å²) in [6.07, 6.45) is 3.67. The van der Waals surface area contributed by atoms with Gasteiger partial charge < -0.3 is 5.32 Å². The molecule has 0 atom stereocenters. The van der Waals surface area contributed by atoms with Gasteiger partial charge in [0.15, 0.2) is 0 Å². The van der Waals surface area contributed by atoms with Crippen LogP contribution >= 0.6 is 0 Å². The zero-order valence-corrected chi connectivity index (χ0v) is 11.8. The molecule has 1 aliphatic carbocycles. The van der Waals surface area contributed by atoms with Crippen LogP contribution in [-0.4, -0.2) is 12.3 Å². The fraction of sp³-hybridized carbons (Fsp3) is 0.389. The van der Waals surface area contributed by atoms with Crippen LogP contribution in [0.3, 0.4) is 0 Å².